The van der Waals surface area contributed by atoms with Crippen LogP contribution in [0, 0.1) is 16.0 Å². The molecule has 0 aromatic heterocycles. The number of hydrogen-bond acceptors (Lipinski definition) is 6. The van der Waals surface area contributed by atoms with Crippen molar-refractivity contribution in [2.75, 3.05) is 13.7 Å². The van der Waals surface area contributed by atoms with E-state index in [1.807, 2.05) is 0 Å². The van der Waals surface area contributed by atoms with Crippen LogP contribution in [-0.2, 0) is 10.0 Å². The predicted octanol–water partition coefficient (Wildman–Crippen LogP) is 1.79. The Bertz CT molecular complexity index is 686. The highest BCUT2D eigenvalue weighted by atomic mass is 32.2. The third-order valence-electron chi connectivity index (χ3n) is 4.44. The third-order valence-corrected chi connectivity index (χ3v) is 5.92. The Labute approximate surface area is 141 Å². The van der Waals surface area contributed by atoms with Crippen LogP contribution in [0.25, 0.3) is 0 Å². The van der Waals surface area contributed by atoms with Gasteiger partial charge in [0.25, 0.3) is 0 Å². The second kappa shape index (κ2) is 7.91. The minimum Gasteiger partial charge on any atom is -0.490 e. The molecular weight excluding hydrogens is 334 g/mol. The number of nitrogens with zero attached hydrogens (tertiary/aromatic N) is 1. The Morgan fingerprint density at radius 2 is 2.04 bits per heavy atom. The fraction of sp³-hybridized carbons (Fsp3) is 0.600. The maximum Gasteiger partial charge on any atom is 0.312 e. The summed E-state index contributed by atoms with van der Waals surface area (Å²) in [5.74, 6) is 0.216. The van der Waals surface area contributed by atoms with E-state index in [4.69, 9.17) is 10.5 Å². The molecule has 0 radical (unpaired) electrons. The molecule has 8 nitrogen and oxygen atoms in total. The summed E-state index contributed by atoms with van der Waals surface area (Å²) in [7, 11) is -2.60. The highest BCUT2D eigenvalue weighted by molar-refractivity contribution is 7.89. The first-order valence-corrected chi connectivity index (χ1v) is 9.42. The molecule has 1 saturated carbocycles. The van der Waals surface area contributed by atoms with Crippen LogP contribution < -0.4 is 15.2 Å². The third kappa shape index (κ3) is 4.22. The maximum atomic E-state index is 12.6. The van der Waals surface area contributed by atoms with Gasteiger partial charge in [0.15, 0.2) is 5.75 Å². The van der Waals surface area contributed by atoms with Crippen molar-refractivity contribution in [2.45, 2.75) is 43.0 Å². The number of benzene rings is 1. The monoisotopic (exact) mass is 357 g/mol. The molecule has 0 spiro atoms. The van der Waals surface area contributed by atoms with Crippen molar-refractivity contribution in [1.29, 1.82) is 0 Å². The van der Waals surface area contributed by atoms with E-state index in [2.05, 4.69) is 4.72 Å². The Kier molecular flexibility index (Phi) is 6.14. The Morgan fingerprint density at radius 1 is 1.38 bits per heavy atom. The smallest absolute Gasteiger partial charge is 0.312 e. The predicted molar refractivity (Wildman–Crippen MR) is 89.4 cm³/mol. The van der Waals surface area contributed by atoms with Crippen LogP contribution >= 0.6 is 0 Å². The van der Waals surface area contributed by atoms with Gasteiger partial charge in [-0.15, -0.1) is 0 Å². The van der Waals surface area contributed by atoms with Crippen LogP contribution in [0.5, 0.6) is 5.75 Å². The van der Waals surface area contributed by atoms with Gasteiger partial charge in [0.2, 0.25) is 10.0 Å². The van der Waals surface area contributed by atoms with Crippen molar-refractivity contribution in [2.24, 2.45) is 11.7 Å². The van der Waals surface area contributed by atoms with Crippen molar-refractivity contribution in [3.8, 4) is 5.75 Å². The highest BCUT2D eigenvalue weighted by Gasteiger charge is 2.29. The summed E-state index contributed by atoms with van der Waals surface area (Å²) < 4.78 is 32.7. The summed E-state index contributed by atoms with van der Waals surface area (Å²) in [6, 6.07) is 3.22. The number of sulfonamides is 1. The molecule has 1 atom stereocenters. The molecule has 1 aromatic rings. The molecule has 1 unspecified atom stereocenters. The fourth-order valence-electron chi connectivity index (χ4n) is 3.12. The SMILES string of the molecule is COc1ccc(S(=O)(=O)NC(CN)C2CCCCC2)cc1[N+](=O)[O-]. The van der Waals surface area contributed by atoms with Crippen LogP contribution in [0.2, 0.25) is 0 Å². The van der Waals surface area contributed by atoms with E-state index in [-0.39, 0.29) is 34.8 Å². The van der Waals surface area contributed by atoms with Gasteiger partial charge in [0.05, 0.1) is 16.9 Å². The minimum absolute atomic E-state index is 0.0154. The minimum atomic E-state index is -3.89. The molecule has 2 rings (SSSR count). The van der Waals surface area contributed by atoms with Crippen molar-refractivity contribution >= 4 is 15.7 Å². The highest BCUT2D eigenvalue weighted by Crippen LogP contribution is 2.30. The molecule has 9 heteroatoms. The molecule has 0 bridgehead atoms. The van der Waals surface area contributed by atoms with E-state index in [9.17, 15) is 18.5 Å². The lowest BCUT2D eigenvalue weighted by molar-refractivity contribution is -0.386. The average Bonchev–Trinajstić information content (AvgIpc) is 2.59. The lowest BCUT2D eigenvalue weighted by Crippen LogP contribution is -2.45. The second-order valence-electron chi connectivity index (χ2n) is 5.95. The van der Waals surface area contributed by atoms with Gasteiger partial charge in [-0.05, 0) is 30.9 Å². The van der Waals surface area contributed by atoms with Gasteiger partial charge in [-0.25, -0.2) is 13.1 Å². The van der Waals surface area contributed by atoms with E-state index in [0.717, 1.165) is 38.2 Å². The summed E-state index contributed by atoms with van der Waals surface area (Å²) in [5, 5.41) is 11.1. The van der Waals surface area contributed by atoms with Gasteiger partial charge in [0.1, 0.15) is 0 Å². The molecule has 1 aromatic carbocycles. The summed E-state index contributed by atoms with van der Waals surface area (Å²) in [6.07, 6.45) is 5.17. The number of nitro groups is 1. The molecule has 1 fully saturated rings. The first-order valence-electron chi connectivity index (χ1n) is 7.94. The second-order valence-corrected chi connectivity index (χ2v) is 7.67. The zero-order chi connectivity index (χ0) is 17.7. The zero-order valence-corrected chi connectivity index (χ0v) is 14.4. The average molecular weight is 357 g/mol. The van der Waals surface area contributed by atoms with Gasteiger partial charge in [0, 0.05) is 18.7 Å². The first kappa shape index (κ1) is 18.6. The van der Waals surface area contributed by atoms with Crippen molar-refractivity contribution < 1.29 is 18.1 Å². The number of nitrogens with one attached hydrogen (secondary N) is 1. The quantitative estimate of drug-likeness (QED) is 0.566. The largest absolute Gasteiger partial charge is 0.490 e. The molecule has 0 saturated heterocycles. The van der Waals surface area contributed by atoms with E-state index < -0.39 is 14.9 Å². The molecule has 0 heterocycles. The normalized spacial score (nSPS) is 17.4. The van der Waals surface area contributed by atoms with E-state index in [1.165, 1.54) is 19.2 Å². The Morgan fingerprint density at radius 3 is 2.58 bits per heavy atom. The standard InChI is InChI=1S/C15H23N3O5S/c1-23-15-8-7-12(9-14(15)18(19)20)24(21,22)17-13(10-16)11-5-3-2-4-6-11/h7-9,11,13,17H,2-6,10,16H2,1H3. The lowest BCUT2D eigenvalue weighted by Gasteiger charge is -2.29. The topological polar surface area (TPSA) is 125 Å². The van der Waals surface area contributed by atoms with Crippen molar-refractivity contribution in [3.05, 3.63) is 28.3 Å². The Hall–Kier alpha value is -1.71. The van der Waals surface area contributed by atoms with Crippen LogP contribution in [0.1, 0.15) is 32.1 Å². The maximum absolute atomic E-state index is 12.6. The van der Waals surface area contributed by atoms with Crippen molar-refractivity contribution in [1.82, 2.24) is 4.72 Å². The van der Waals surface area contributed by atoms with Crippen molar-refractivity contribution in [3.63, 3.8) is 0 Å². The number of methoxy groups -OCH3 is 1. The zero-order valence-electron chi connectivity index (χ0n) is 13.6. The molecule has 1 aliphatic carbocycles. The molecule has 0 aliphatic heterocycles. The molecule has 3 N–H and O–H groups in total. The Balaban J connectivity index is 2.25. The van der Waals surface area contributed by atoms with Crippen LogP contribution in [-0.4, -0.2) is 33.0 Å². The number of hydrogen-bond donors (Lipinski definition) is 2. The summed E-state index contributed by atoms with van der Waals surface area (Å²) in [4.78, 5) is 10.2. The van der Waals surface area contributed by atoms with E-state index in [1.54, 1.807) is 0 Å². The van der Waals surface area contributed by atoms with E-state index >= 15 is 0 Å². The number of rotatable bonds is 7. The van der Waals surface area contributed by atoms with Gasteiger partial charge in [-0.2, -0.15) is 0 Å². The van der Waals surface area contributed by atoms with E-state index in [0.29, 0.717) is 0 Å². The van der Waals surface area contributed by atoms with Gasteiger partial charge in [-0.1, -0.05) is 19.3 Å². The summed E-state index contributed by atoms with van der Waals surface area (Å²) in [5.41, 5.74) is 5.37. The van der Waals surface area contributed by atoms with Crippen LogP contribution in [0.15, 0.2) is 23.1 Å². The fourth-order valence-corrected chi connectivity index (χ4v) is 4.46. The first-order chi connectivity index (χ1) is 11.4. The molecule has 0 amide bonds. The molecular formula is C15H23N3O5S. The lowest BCUT2D eigenvalue weighted by atomic mass is 9.84. The molecule has 1 aliphatic rings. The summed E-state index contributed by atoms with van der Waals surface area (Å²) in [6.45, 7) is 0.197. The number of ether oxygens (including phenoxy) is 1. The molecule has 24 heavy (non-hydrogen) atoms. The molecule has 134 valence electrons. The van der Waals surface area contributed by atoms with Gasteiger partial charge >= 0.3 is 5.69 Å². The van der Waals surface area contributed by atoms with Crippen LogP contribution in [0.3, 0.4) is 0 Å². The number of nitro benzene ring substituents is 1. The van der Waals surface area contributed by atoms with Crippen LogP contribution in [0.4, 0.5) is 5.69 Å². The van der Waals surface area contributed by atoms with Gasteiger partial charge < -0.3 is 10.5 Å². The summed E-state index contributed by atoms with van der Waals surface area (Å²) >= 11 is 0. The van der Waals surface area contributed by atoms with Gasteiger partial charge in [-0.3, -0.25) is 10.1 Å². The number of nitrogens with two attached hydrogens (primary N) is 1.